The maximum Gasteiger partial charge on any atom is 0.344 e. The van der Waals surface area contributed by atoms with Crippen molar-refractivity contribution in [3.8, 4) is 22.9 Å². The summed E-state index contributed by atoms with van der Waals surface area (Å²) in [6.45, 7) is 0. The largest absolute Gasteiger partial charge is 0.454 e. The maximum atomic E-state index is 12.6. The quantitative estimate of drug-likeness (QED) is 0.218. The summed E-state index contributed by atoms with van der Waals surface area (Å²) >= 11 is 0. The SMILES string of the molecule is O=C1Oc2ccccc2/C1=C/c1cn(-c2ccccc2)nc1-c1cc2ccccc2o1. The molecule has 0 aliphatic carbocycles. The van der Waals surface area contributed by atoms with E-state index >= 15 is 0 Å². The second-order valence-electron chi connectivity index (χ2n) is 7.31. The molecule has 0 amide bonds. The minimum Gasteiger partial charge on any atom is -0.454 e. The zero-order valence-corrected chi connectivity index (χ0v) is 16.4. The minimum absolute atomic E-state index is 0.371. The molecule has 0 saturated carbocycles. The number of hydrogen-bond donors (Lipinski definition) is 0. The molecule has 0 atom stereocenters. The number of hydrogen-bond acceptors (Lipinski definition) is 4. The van der Waals surface area contributed by atoms with Gasteiger partial charge in [-0.05, 0) is 36.4 Å². The molecule has 5 heteroatoms. The average Bonchev–Trinajstić information content (AvgIpc) is 3.50. The fourth-order valence-corrected chi connectivity index (χ4v) is 3.83. The number of ether oxygens (including phenoxy) is 1. The van der Waals surface area contributed by atoms with E-state index in [1.165, 1.54) is 0 Å². The predicted octanol–water partition coefficient (Wildman–Crippen LogP) is 5.75. The van der Waals surface area contributed by atoms with Gasteiger partial charge in [-0.3, -0.25) is 0 Å². The van der Waals surface area contributed by atoms with Crippen molar-refractivity contribution in [1.29, 1.82) is 0 Å². The number of benzene rings is 3. The van der Waals surface area contributed by atoms with E-state index in [-0.39, 0.29) is 5.97 Å². The van der Waals surface area contributed by atoms with Crippen LogP contribution in [0.1, 0.15) is 11.1 Å². The third-order valence-corrected chi connectivity index (χ3v) is 5.32. The summed E-state index contributed by atoms with van der Waals surface area (Å²) in [7, 11) is 0. The molecule has 3 heterocycles. The Kier molecular flexibility index (Phi) is 3.86. The smallest absolute Gasteiger partial charge is 0.344 e. The zero-order chi connectivity index (χ0) is 20.8. The highest BCUT2D eigenvalue weighted by molar-refractivity contribution is 6.26. The summed E-state index contributed by atoms with van der Waals surface area (Å²) in [4.78, 5) is 12.6. The van der Waals surface area contributed by atoms with Gasteiger partial charge in [0.05, 0.1) is 11.3 Å². The van der Waals surface area contributed by atoms with Crippen molar-refractivity contribution in [3.05, 3.63) is 102 Å². The van der Waals surface area contributed by atoms with Crippen LogP contribution in [0.25, 0.3) is 39.8 Å². The summed E-state index contributed by atoms with van der Waals surface area (Å²) in [5.41, 5.74) is 4.40. The van der Waals surface area contributed by atoms with Gasteiger partial charge < -0.3 is 9.15 Å². The Morgan fingerprint density at radius 3 is 2.52 bits per heavy atom. The van der Waals surface area contributed by atoms with Gasteiger partial charge in [0.15, 0.2) is 5.76 Å². The molecule has 1 aliphatic heterocycles. The van der Waals surface area contributed by atoms with Crippen molar-refractivity contribution >= 4 is 28.6 Å². The van der Waals surface area contributed by atoms with Gasteiger partial charge in [-0.2, -0.15) is 5.10 Å². The van der Waals surface area contributed by atoms with Gasteiger partial charge in [0.1, 0.15) is 17.0 Å². The Morgan fingerprint density at radius 1 is 0.871 bits per heavy atom. The lowest BCUT2D eigenvalue weighted by atomic mass is 10.0. The number of carbonyl (C=O) groups is 1. The summed E-state index contributed by atoms with van der Waals surface area (Å²) < 4.78 is 13.3. The van der Waals surface area contributed by atoms with Gasteiger partial charge >= 0.3 is 5.97 Å². The van der Waals surface area contributed by atoms with Crippen LogP contribution in [0.3, 0.4) is 0 Å². The topological polar surface area (TPSA) is 57.3 Å². The molecule has 31 heavy (non-hydrogen) atoms. The van der Waals surface area contributed by atoms with E-state index in [4.69, 9.17) is 14.3 Å². The number of esters is 1. The van der Waals surface area contributed by atoms with E-state index < -0.39 is 0 Å². The van der Waals surface area contributed by atoms with Crippen LogP contribution in [0, 0.1) is 0 Å². The van der Waals surface area contributed by atoms with Crippen LogP contribution < -0.4 is 4.74 Å². The van der Waals surface area contributed by atoms with E-state index in [1.807, 2.05) is 91.1 Å². The second kappa shape index (κ2) is 6.85. The number of aromatic nitrogens is 2. The standard InChI is InChI=1S/C26H16N2O3/c29-26-21(20-11-5-7-13-23(20)31-26)14-18-16-28(19-9-2-1-3-10-19)27-25(18)24-15-17-8-4-6-12-22(17)30-24/h1-16H/b21-14-. The van der Waals surface area contributed by atoms with Gasteiger partial charge in [-0.1, -0.05) is 54.6 Å². The molecule has 0 saturated heterocycles. The predicted molar refractivity (Wildman–Crippen MR) is 119 cm³/mol. The first-order valence-electron chi connectivity index (χ1n) is 9.93. The van der Waals surface area contributed by atoms with Crippen molar-refractivity contribution in [2.24, 2.45) is 0 Å². The maximum absolute atomic E-state index is 12.6. The summed E-state index contributed by atoms with van der Waals surface area (Å²) in [5, 5.41) is 5.79. The van der Waals surface area contributed by atoms with Crippen LogP contribution in [0.2, 0.25) is 0 Å². The third kappa shape index (κ3) is 2.95. The van der Waals surface area contributed by atoms with Crippen molar-refractivity contribution in [1.82, 2.24) is 9.78 Å². The second-order valence-corrected chi connectivity index (χ2v) is 7.31. The fourth-order valence-electron chi connectivity index (χ4n) is 3.83. The summed E-state index contributed by atoms with van der Waals surface area (Å²) in [6, 6.07) is 27.1. The first kappa shape index (κ1) is 17.5. The van der Waals surface area contributed by atoms with Gasteiger partial charge in [-0.25, -0.2) is 9.48 Å². The van der Waals surface area contributed by atoms with Crippen LogP contribution in [-0.4, -0.2) is 15.7 Å². The van der Waals surface area contributed by atoms with Gasteiger partial charge in [0.2, 0.25) is 0 Å². The van der Waals surface area contributed by atoms with E-state index in [9.17, 15) is 4.79 Å². The van der Waals surface area contributed by atoms with Gasteiger partial charge in [-0.15, -0.1) is 0 Å². The van der Waals surface area contributed by atoms with E-state index in [0.29, 0.717) is 22.8 Å². The number of furan rings is 1. The number of nitrogens with zero attached hydrogens (tertiary/aromatic N) is 2. The van der Waals surface area contributed by atoms with E-state index in [1.54, 1.807) is 10.7 Å². The lowest BCUT2D eigenvalue weighted by Gasteiger charge is -1.98. The number of rotatable bonds is 3. The van der Waals surface area contributed by atoms with Crippen LogP contribution >= 0.6 is 0 Å². The Hall–Kier alpha value is -4.38. The molecular weight excluding hydrogens is 388 g/mol. The molecule has 0 spiro atoms. The molecule has 148 valence electrons. The first-order valence-corrected chi connectivity index (χ1v) is 9.93. The molecule has 1 aliphatic rings. The Bertz CT molecular complexity index is 1440. The molecule has 0 N–H and O–H groups in total. The van der Waals surface area contributed by atoms with Crippen LogP contribution in [0.15, 0.2) is 95.5 Å². The van der Waals surface area contributed by atoms with Crippen molar-refractivity contribution in [3.63, 3.8) is 0 Å². The Balaban J connectivity index is 1.55. The number of fused-ring (bicyclic) bond motifs is 2. The van der Waals surface area contributed by atoms with E-state index in [0.717, 1.165) is 27.8 Å². The fraction of sp³-hybridized carbons (Fsp3) is 0. The zero-order valence-electron chi connectivity index (χ0n) is 16.4. The molecule has 0 unspecified atom stereocenters. The lowest BCUT2D eigenvalue weighted by Crippen LogP contribution is -2.00. The molecule has 3 aromatic carbocycles. The molecule has 6 rings (SSSR count). The van der Waals surface area contributed by atoms with Crippen LogP contribution in [-0.2, 0) is 4.79 Å². The van der Waals surface area contributed by atoms with Crippen LogP contribution in [0.5, 0.6) is 5.75 Å². The molecule has 0 fully saturated rings. The molecule has 2 aromatic heterocycles. The lowest BCUT2D eigenvalue weighted by molar-refractivity contribution is -0.126. The monoisotopic (exact) mass is 404 g/mol. The molecular formula is C26H16N2O3. The summed E-state index contributed by atoms with van der Waals surface area (Å²) in [6.07, 6.45) is 3.72. The van der Waals surface area contributed by atoms with E-state index in [2.05, 4.69) is 0 Å². The highest BCUT2D eigenvalue weighted by Crippen LogP contribution is 2.37. The minimum atomic E-state index is -0.371. The Morgan fingerprint density at radius 2 is 1.65 bits per heavy atom. The van der Waals surface area contributed by atoms with Gasteiger partial charge in [0, 0.05) is 22.7 Å². The first-order chi connectivity index (χ1) is 15.3. The normalized spacial score (nSPS) is 14.2. The molecule has 5 nitrogen and oxygen atoms in total. The van der Waals surface area contributed by atoms with Crippen molar-refractivity contribution < 1.29 is 13.9 Å². The van der Waals surface area contributed by atoms with Crippen LogP contribution in [0.4, 0.5) is 0 Å². The average molecular weight is 404 g/mol. The highest BCUT2D eigenvalue weighted by Gasteiger charge is 2.27. The Labute approximate surface area is 177 Å². The molecule has 0 bridgehead atoms. The molecule has 5 aromatic rings. The third-order valence-electron chi connectivity index (χ3n) is 5.32. The summed E-state index contributed by atoms with van der Waals surface area (Å²) in [5.74, 6) is 0.839. The van der Waals surface area contributed by atoms with Gasteiger partial charge in [0.25, 0.3) is 0 Å². The van der Waals surface area contributed by atoms with Crippen molar-refractivity contribution in [2.75, 3.05) is 0 Å². The number of carbonyl (C=O) groups excluding carboxylic acids is 1. The highest BCUT2D eigenvalue weighted by atomic mass is 16.5. The molecule has 0 radical (unpaired) electrons. The number of para-hydroxylation sites is 3. The van der Waals surface area contributed by atoms with Crippen molar-refractivity contribution in [2.45, 2.75) is 0 Å².